The van der Waals surface area contributed by atoms with E-state index in [1.54, 1.807) is 0 Å². The quantitative estimate of drug-likeness (QED) is 0.524. The average Bonchev–Trinajstić information content (AvgIpc) is 3.13. The van der Waals surface area contributed by atoms with Crippen molar-refractivity contribution in [1.82, 2.24) is 31.4 Å². The fourth-order valence-electron chi connectivity index (χ4n) is 5.46. The number of nitrogens with zero attached hydrogens (tertiary/aromatic N) is 2. The van der Waals surface area contributed by atoms with Crippen LogP contribution < -0.4 is 21.5 Å². The second-order valence-corrected chi connectivity index (χ2v) is 10.3. The molecule has 30 heavy (non-hydrogen) atoms. The van der Waals surface area contributed by atoms with Crippen molar-refractivity contribution in [3.63, 3.8) is 0 Å². The number of rotatable bonds is 4. The van der Waals surface area contributed by atoms with Crippen LogP contribution in [0.2, 0.25) is 0 Å². The number of piperidine rings is 2. The number of hydrogen-bond donors (Lipinski definition) is 4. The van der Waals surface area contributed by atoms with Crippen molar-refractivity contribution in [2.24, 2.45) is 17.8 Å². The minimum atomic E-state index is -0.194. The first-order valence-electron chi connectivity index (χ1n) is 11.8. The largest absolute Gasteiger partial charge is 0.443 e. The summed E-state index contributed by atoms with van der Waals surface area (Å²) < 4.78 is 5.62. The van der Waals surface area contributed by atoms with E-state index in [4.69, 9.17) is 9.57 Å². The standard InChI is InChI=1S/C21H38N6O3/c1-21(6-7-21)29-20(28)27-9-4-14(5-10-27)18-24-19(30-25-18)15-3-8-22-17(11-15)16-12-23-26(2)13-16/h14-19,22-25H,3-13H2,1-2H3. The van der Waals surface area contributed by atoms with E-state index in [0.717, 1.165) is 71.2 Å². The van der Waals surface area contributed by atoms with Crippen LogP contribution in [0.15, 0.2) is 0 Å². The molecule has 0 bridgehead atoms. The number of carbonyl (C=O) groups is 1. The van der Waals surface area contributed by atoms with E-state index in [9.17, 15) is 4.79 Å². The van der Waals surface area contributed by atoms with Gasteiger partial charge in [-0.3, -0.25) is 15.6 Å². The molecule has 5 unspecified atom stereocenters. The molecule has 1 saturated carbocycles. The number of amides is 1. The molecule has 9 nitrogen and oxygen atoms in total. The van der Waals surface area contributed by atoms with Crippen LogP contribution in [0.1, 0.15) is 45.4 Å². The highest BCUT2D eigenvalue weighted by atomic mass is 16.7. The van der Waals surface area contributed by atoms with Crippen molar-refractivity contribution >= 4 is 6.09 Å². The van der Waals surface area contributed by atoms with E-state index >= 15 is 0 Å². The molecular formula is C21H38N6O3. The molecule has 170 valence electrons. The van der Waals surface area contributed by atoms with Crippen molar-refractivity contribution in [2.45, 2.75) is 69.5 Å². The third-order valence-corrected chi connectivity index (χ3v) is 7.83. The number of hydrogen-bond acceptors (Lipinski definition) is 8. The first-order chi connectivity index (χ1) is 14.5. The molecule has 5 atom stereocenters. The summed E-state index contributed by atoms with van der Waals surface area (Å²) in [5.41, 5.74) is 6.50. The molecule has 0 aromatic rings. The number of likely N-dealkylation sites (tertiary alicyclic amines) is 1. The van der Waals surface area contributed by atoms with Crippen LogP contribution in [0.5, 0.6) is 0 Å². The molecule has 1 amide bonds. The molecule has 0 aromatic carbocycles. The van der Waals surface area contributed by atoms with Crippen LogP contribution in [0, 0.1) is 17.8 Å². The van der Waals surface area contributed by atoms with Crippen LogP contribution >= 0.6 is 0 Å². The van der Waals surface area contributed by atoms with Crippen molar-refractivity contribution in [1.29, 1.82) is 0 Å². The summed E-state index contributed by atoms with van der Waals surface area (Å²) in [5.74, 6) is 1.65. The molecule has 4 saturated heterocycles. The molecule has 0 spiro atoms. The normalized spacial score (nSPS) is 39.9. The predicted octanol–water partition coefficient (Wildman–Crippen LogP) is 0.599. The molecular weight excluding hydrogens is 384 g/mol. The summed E-state index contributed by atoms with van der Waals surface area (Å²) in [6.45, 7) is 6.77. The molecule has 4 aliphatic heterocycles. The van der Waals surface area contributed by atoms with Crippen molar-refractivity contribution < 1.29 is 14.4 Å². The third kappa shape index (κ3) is 4.61. The van der Waals surface area contributed by atoms with Crippen LogP contribution in [0.25, 0.3) is 0 Å². The number of ether oxygens (including phenoxy) is 1. The molecule has 0 aromatic heterocycles. The summed E-state index contributed by atoms with van der Waals surface area (Å²) in [6, 6.07) is 0.549. The predicted molar refractivity (Wildman–Crippen MR) is 112 cm³/mol. The topological polar surface area (TPSA) is 90.1 Å². The monoisotopic (exact) mass is 422 g/mol. The zero-order chi connectivity index (χ0) is 20.7. The fraction of sp³-hybridized carbons (Fsp3) is 0.952. The Hall–Kier alpha value is -0.970. The zero-order valence-corrected chi connectivity index (χ0v) is 18.4. The average molecular weight is 423 g/mol. The Morgan fingerprint density at radius 1 is 1.13 bits per heavy atom. The number of nitrogens with one attached hydrogen (secondary N) is 4. The summed E-state index contributed by atoms with van der Waals surface area (Å²) in [6.07, 6.45) is 6.33. The lowest BCUT2D eigenvalue weighted by atomic mass is 9.84. The highest BCUT2D eigenvalue weighted by Gasteiger charge is 2.44. The van der Waals surface area contributed by atoms with Gasteiger partial charge in [-0.15, -0.1) is 0 Å². The van der Waals surface area contributed by atoms with Gasteiger partial charge in [0.15, 0.2) is 0 Å². The summed E-state index contributed by atoms with van der Waals surface area (Å²) >= 11 is 0. The smallest absolute Gasteiger partial charge is 0.410 e. The second-order valence-electron chi connectivity index (χ2n) is 10.3. The summed E-state index contributed by atoms with van der Waals surface area (Å²) in [7, 11) is 2.12. The van der Waals surface area contributed by atoms with Crippen molar-refractivity contribution in [3.8, 4) is 0 Å². The summed E-state index contributed by atoms with van der Waals surface area (Å²) in [5, 5.41) is 9.65. The summed E-state index contributed by atoms with van der Waals surface area (Å²) in [4.78, 5) is 20.2. The van der Waals surface area contributed by atoms with Gasteiger partial charge in [0.1, 0.15) is 11.8 Å². The first kappa shape index (κ1) is 20.9. The molecule has 1 aliphatic carbocycles. The number of hydrazine groups is 1. The van der Waals surface area contributed by atoms with E-state index in [2.05, 4.69) is 33.6 Å². The van der Waals surface area contributed by atoms with Gasteiger partial charge in [-0.05, 0) is 57.9 Å². The Morgan fingerprint density at radius 2 is 1.93 bits per heavy atom. The first-order valence-corrected chi connectivity index (χ1v) is 11.8. The zero-order valence-electron chi connectivity index (χ0n) is 18.4. The van der Waals surface area contributed by atoms with Crippen molar-refractivity contribution in [3.05, 3.63) is 0 Å². The van der Waals surface area contributed by atoms with Gasteiger partial charge in [0.05, 0.1) is 6.17 Å². The van der Waals surface area contributed by atoms with Crippen LogP contribution in [0.4, 0.5) is 4.79 Å². The Kier molecular flexibility index (Phi) is 5.94. The van der Waals surface area contributed by atoms with Crippen LogP contribution in [0.3, 0.4) is 0 Å². The highest BCUT2D eigenvalue weighted by molar-refractivity contribution is 5.68. The van der Waals surface area contributed by atoms with Gasteiger partial charge >= 0.3 is 6.09 Å². The van der Waals surface area contributed by atoms with Gasteiger partial charge in [0.2, 0.25) is 0 Å². The highest BCUT2D eigenvalue weighted by Crippen LogP contribution is 2.39. The lowest BCUT2D eigenvalue weighted by Crippen LogP contribution is -2.51. The minimum Gasteiger partial charge on any atom is -0.443 e. The maximum absolute atomic E-state index is 12.3. The van der Waals surface area contributed by atoms with Gasteiger partial charge in [-0.25, -0.2) is 9.80 Å². The lowest BCUT2D eigenvalue weighted by molar-refractivity contribution is -0.0277. The van der Waals surface area contributed by atoms with E-state index in [-0.39, 0.29) is 24.1 Å². The Labute approximate surface area is 179 Å². The SMILES string of the molecule is CN1CC(C2CC(C3NC(C4CCN(C(=O)OC5(C)CC5)CC4)NO3)CCN2)CN1. The van der Waals surface area contributed by atoms with Gasteiger partial charge in [0, 0.05) is 51.1 Å². The van der Waals surface area contributed by atoms with E-state index in [1.807, 2.05) is 11.8 Å². The van der Waals surface area contributed by atoms with Gasteiger partial charge < -0.3 is 15.0 Å². The molecule has 5 aliphatic rings. The van der Waals surface area contributed by atoms with E-state index < -0.39 is 0 Å². The van der Waals surface area contributed by atoms with Gasteiger partial charge in [-0.1, -0.05) is 0 Å². The fourth-order valence-corrected chi connectivity index (χ4v) is 5.46. The number of carbonyl (C=O) groups excluding carboxylic acids is 1. The molecule has 4 heterocycles. The lowest BCUT2D eigenvalue weighted by Gasteiger charge is -2.36. The molecule has 9 heteroatoms. The Balaban J connectivity index is 1.07. The van der Waals surface area contributed by atoms with E-state index in [0.29, 0.717) is 23.8 Å². The Morgan fingerprint density at radius 3 is 2.63 bits per heavy atom. The Bertz CT molecular complexity index is 624. The van der Waals surface area contributed by atoms with Gasteiger partial charge in [0.25, 0.3) is 0 Å². The van der Waals surface area contributed by atoms with Crippen LogP contribution in [-0.4, -0.2) is 79.8 Å². The van der Waals surface area contributed by atoms with Crippen LogP contribution in [-0.2, 0) is 9.57 Å². The minimum absolute atomic E-state index is 0.0736. The molecule has 0 radical (unpaired) electrons. The van der Waals surface area contributed by atoms with Crippen molar-refractivity contribution in [2.75, 3.05) is 39.8 Å². The number of hydroxylamine groups is 1. The molecule has 5 fully saturated rings. The molecule has 5 rings (SSSR count). The third-order valence-electron chi connectivity index (χ3n) is 7.83. The maximum Gasteiger partial charge on any atom is 0.410 e. The maximum atomic E-state index is 12.3. The van der Waals surface area contributed by atoms with E-state index in [1.165, 1.54) is 0 Å². The second kappa shape index (κ2) is 8.52. The molecule has 4 N–H and O–H groups in total. The van der Waals surface area contributed by atoms with Gasteiger partial charge in [-0.2, -0.15) is 5.48 Å².